The van der Waals surface area contributed by atoms with Gasteiger partial charge in [0.05, 0.1) is 14.1 Å². The lowest BCUT2D eigenvalue weighted by molar-refractivity contribution is -0.407. The van der Waals surface area contributed by atoms with Crippen molar-refractivity contribution in [3.63, 3.8) is 0 Å². The summed E-state index contributed by atoms with van der Waals surface area (Å²) in [6.07, 6.45) is 8.03. The number of carbonyl (C=O) groups is 2. The first-order valence-corrected chi connectivity index (χ1v) is 10.2. The Morgan fingerprint density at radius 1 is 1.26 bits per heavy atom. The van der Waals surface area contributed by atoms with Crippen molar-refractivity contribution < 1.29 is 14.2 Å². The van der Waals surface area contributed by atoms with E-state index in [-0.39, 0.29) is 11.9 Å². The first-order valence-electron chi connectivity index (χ1n) is 9.17. The summed E-state index contributed by atoms with van der Waals surface area (Å²) in [5.74, 6) is 1.39. The lowest BCUT2D eigenvalue weighted by atomic mass is 10.0. The van der Waals surface area contributed by atoms with Gasteiger partial charge in [0.2, 0.25) is 5.84 Å². The summed E-state index contributed by atoms with van der Waals surface area (Å²) in [5, 5.41) is 0.724. The maximum absolute atomic E-state index is 12.8. The molecule has 1 saturated carbocycles. The molecule has 2 aliphatic heterocycles. The van der Waals surface area contributed by atoms with E-state index in [4.69, 9.17) is 4.99 Å². The fourth-order valence-corrected chi connectivity index (χ4v) is 4.73. The third-order valence-corrected chi connectivity index (χ3v) is 6.38. The second-order valence-electron chi connectivity index (χ2n) is 7.08. The molecule has 1 unspecified atom stereocenters. The Kier molecular flexibility index (Phi) is 4.90. The van der Waals surface area contributed by atoms with Gasteiger partial charge in [-0.25, -0.2) is 9.79 Å². The quantitative estimate of drug-likeness (QED) is 0.751. The monoisotopic (exact) mass is 384 g/mol. The van der Waals surface area contributed by atoms with Gasteiger partial charge >= 0.3 is 11.9 Å². The highest BCUT2D eigenvalue weighted by Gasteiger charge is 2.49. The van der Waals surface area contributed by atoms with Crippen LogP contribution in [0.25, 0.3) is 0 Å². The molecule has 1 aliphatic carbocycles. The number of amides is 3. The van der Waals surface area contributed by atoms with E-state index in [9.17, 15) is 9.59 Å². The van der Waals surface area contributed by atoms with E-state index in [1.54, 1.807) is 13.2 Å². The third kappa shape index (κ3) is 3.34. The first-order chi connectivity index (χ1) is 13.1. The number of fused-ring (bicyclic) bond motifs is 1. The molecule has 1 fully saturated rings. The van der Waals surface area contributed by atoms with Crippen molar-refractivity contribution >= 4 is 40.4 Å². The lowest BCUT2D eigenvalue weighted by Gasteiger charge is -2.27. The second-order valence-corrected chi connectivity index (χ2v) is 8.08. The highest BCUT2D eigenvalue weighted by Crippen LogP contribution is 2.32. The van der Waals surface area contributed by atoms with Gasteiger partial charge in [-0.3, -0.25) is 9.78 Å². The number of pyridine rings is 1. The molecule has 0 radical (unpaired) electrons. The summed E-state index contributed by atoms with van der Waals surface area (Å²) in [6, 6.07) is 3.55. The summed E-state index contributed by atoms with van der Waals surface area (Å²) in [4.78, 5) is 40.0. The van der Waals surface area contributed by atoms with Crippen LogP contribution in [0.5, 0.6) is 0 Å². The van der Waals surface area contributed by atoms with Crippen molar-refractivity contribution in [2.24, 2.45) is 21.8 Å². The minimum absolute atomic E-state index is 0.264. The van der Waals surface area contributed by atoms with Crippen molar-refractivity contribution in [2.75, 3.05) is 14.1 Å². The molecule has 7 nitrogen and oxygen atoms in total. The zero-order valence-corrected chi connectivity index (χ0v) is 16.3. The number of hydrogen-bond donors (Lipinski definition) is 0. The fourth-order valence-electron chi connectivity index (χ4n) is 3.71. The molecule has 1 atom stereocenters. The first kappa shape index (κ1) is 18.0. The number of aliphatic imine (C=N–C) groups is 2. The normalized spacial score (nSPS) is 23.5. The van der Waals surface area contributed by atoms with Crippen molar-refractivity contribution in [2.45, 2.75) is 31.4 Å². The van der Waals surface area contributed by atoms with Crippen LogP contribution in [0.4, 0.5) is 4.79 Å². The number of urea groups is 1. The number of rotatable bonds is 3. The zero-order valence-electron chi connectivity index (χ0n) is 15.5. The molecular formula is C19H22N5O2S+. The van der Waals surface area contributed by atoms with E-state index in [1.807, 2.05) is 18.3 Å². The minimum Gasteiger partial charge on any atom is -0.264 e. The highest BCUT2D eigenvalue weighted by molar-refractivity contribution is 8.13. The topological polar surface area (TPSA) is 78.0 Å². The van der Waals surface area contributed by atoms with Gasteiger partial charge in [-0.05, 0) is 24.5 Å². The van der Waals surface area contributed by atoms with E-state index >= 15 is 0 Å². The van der Waals surface area contributed by atoms with Crippen LogP contribution in [-0.4, -0.2) is 57.2 Å². The smallest absolute Gasteiger partial charge is 0.264 e. The number of amidine groups is 2. The van der Waals surface area contributed by atoms with Crippen LogP contribution < -0.4 is 0 Å². The predicted octanol–water partition coefficient (Wildman–Crippen LogP) is 2.56. The Morgan fingerprint density at radius 3 is 2.74 bits per heavy atom. The van der Waals surface area contributed by atoms with E-state index in [0.29, 0.717) is 17.5 Å². The molecule has 140 valence electrons. The average molecular weight is 384 g/mol. The molecule has 3 heterocycles. The summed E-state index contributed by atoms with van der Waals surface area (Å²) in [5.41, 5.74) is 1.07. The van der Waals surface area contributed by atoms with Crippen LogP contribution in [-0.2, 0) is 10.5 Å². The Hall–Kier alpha value is -2.35. The SMILES string of the molecule is CN1C(=O)C2C(SCc3cccnc3)=NC(C3CCCC3)=NC2=[N+](C)C1=O. The largest absolute Gasteiger partial charge is 0.445 e. The number of aromatic nitrogens is 1. The summed E-state index contributed by atoms with van der Waals surface area (Å²) in [6.45, 7) is 0. The molecule has 4 rings (SSSR count). The van der Waals surface area contributed by atoms with Crippen molar-refractivity contribution in [3.05, 3.63) is 30.1 Å². The Labute approximate surface area is 162 Å². The van der Waals surface area contributed by atoms with Crippen LogP contribution in [0.1, 0.15) is 31.2 Å². The molecule has 27 heavy (non-hydrogen) atoms. The van der Waals surface area contributed by atoms with Gasteiger partial charge in [0, 0.05) is 24.1 Å². The van der Waals surface area contributed by atoms with Crippen LogP contribution in [0, 0.1) is 11.8 Å². The standard InChI is InChI=1S/C19H22N5O2S/c1-23-16-14(18(25)24(2)19(23)26)17(27-11-12-6-5-9-20-10-12)22-15(21-16)13-7-3-4-8-13/h5-6,9-10,13-14H,3-4,7-8,11H2,1-2H3/q+1. The van der Waals surface area contributed by atoms with Gasteiger partial charge < -0.3 is 0 Å². The van der Waals surface area contributed by atoms with E-state index in [1.165, 1.54) is 36.2 Å². The highest BCUT2D eigenvalue weighted by atomic mass is 32.2. The molecule has 0 saturated heterocycles. The second kappa shape index (κ2) is 7.34. The van der Waals surface area contributed by atoms with Gasteiger partial charge in [0.25, 0.3) is 5.84 Å². The lowest BCUT2D eigenvalue weighted by Crippen LogP contribution is -2.54. The predicted molar refractivity (Wildman–Crippen MR) is 105 cm³/mol. The number of imide groups is 1. The van der Waals surface area contributed by atoms with E-state index in [2.05, 4.69) is 9.98 Å². The summed E-state index contributed by atoms with van der Waals surface area (Å²) >= 11 is 1.53. The maximum atomic E-state index is 12.8. The van der Waals surface area contributed by atoms with Crippen molar-refractivity contribution in [1.82, 2.24) is 9.88 Å². The van der Waals surface area contributed by atoms with Crippen LogP contribution in [0.15, 0.2) is 34.5 Å². The van der Waals surface area contributed by atoms with Gasteiger partial charge in [-0.2, -0.15) is 9.48 Å². The zero-order chi connectivity index (χ0) is 19.0. The summed E-state index contributed by atoms with van der Waals surface area (Å²) in [7, 11) is 3.19. The van der Waals surface area contributed by atoms with Crippen LogP contribution in [0.2, 0.25) is 0 Å². The average Bonchev–Trinajstić information content (AvgIpc) is 3.24. The molecule has 0 N–H and O–H groups in total. The molecule has 0 spiro atoms. The molecule has 3 aliphatic rings. The molecule has 3 amide bonds. The molecule has 8 heteroatoms. The van der Waals surface area contributed by atoms with Crippen molar-refractivity contribution in [1.29, 1.82) is 0 Å². The molecule has 0 aromatic carbocycles. The number of carbonyl (C=O) groups excluding carboxylic acids is 2. The molecular weight excluding hydrogens is 362 g/mol. The van der Waals surface area contributed by atoms with Gasteiger partial charge in [0.1, 0.15) is 5.04 Å². The van der Waals surface area contributed by atoms with Gasteiger partial charge in [-0.15, -0.1) is 11.8 Å². The number of thioether (sulfide) groups is 1. The number of nitrogens with zero attached hydrogens (tertiary/aromatic N) is 5. The molecule has 1 aromatic heterocycles. The van der Waals surface area contributed by atoms with E-state index < -0.39 is 5.92 Å². The Bertz CT molecular complexity index is 871. The minimum atomic E-state index is -0.607. The van der Waals surface area contributed by atoms with Crippen LogP contribution in [0.3, 0.4) is 0 Å². The molecule has 0 bridgehead atoms. The third-order valence-electron chi connectivity index (χ3n) is 5.28. The maximum Gasteiger partial charge on any atom is 0.445 e. The summed E-state index contributed by atoms with van der Waals surface area (Å²) < 4.78 is 1.49. The fraction of sp³-hybridized carbons (Fsp3) is 0.474. The number of hydrogen-bond acceptors (Lipinski definition) is 6. The van der Waals surface area contributed by atoms with Gasteiger partial charge in [0.15, 0.2) is 5.92 Å². The Balaban J connectivity index is 1.71. The van der Waals surface area contributed by atoms with E-state index in [0.717, 1.165) is 34.2 Å². The van der Waals surface area contributed by atoms with Gasteiger partial charge in [-0.1, -0.05) is 23.9 Å². The van der Waals surface area contributed by atoms with Crippen LogP contribution >= 0.6 is 11.8 Å². The van der Waals surface area contributed by atoms with Crippen molar-refractivity contribution in [3.8, 4) is 0 Å². The molecule has 1 aromatic rings. The Morgan fingerprint density at radius 2 is 2.04 bits per heavy atom.